The largest absolute Gasteiger partial charge is 0.481 e. The van der Waals surface area contributed by atoms with Gasteiger partial charge in [0.05, 0.1) is 18.1 Å². The van der Waals surface area contributed by atoms with E-state index in [0.29, 0.717) is 30.8 Å². The van der Waals surface area contributed by atoms with Gasteiger partial charge in [-0.3, -0.25) is 4.79 Å². The van der Waals surface area contributed by atoms with Crippen LogP contribution in [0.25, 0.3) is 0 Å². The van der Waals surface area contributed by atoms with Gasteiger partial charge in [-0.15, -0.1) is 0 Å². The number of carbonyl (C=O) groups is 1. The molecule has 4 bridgehead atoms. The van der Waals surface area contributed by atoms with Gasteiger partial charge in [-0.25, -0.2) is 0 Å². The molecule has 3 aliphatic rings. The molecule has 8 atom stereocenters. The van der Waals surface area contributed by atoms with E-state index in [4.69, 9.17) is 0 Å². The van der Waals surface area contributed by atoms with E-state index < -0.39 is 11.6 Å². The average molecular weight is 588 g/mol. The highest BCUT2D eigenvalue weighted by Gasteiger charge is 2.37. The van der Waals surface area contributed by atoms with Crippen LogP contribution >= 0.6 is 0 Å². The third-order valence-corrected chi connectivity index (χ3v) is 10.4. The van der Waals surface area contributed by atoms with Gasteiger partial charge in [0.2, 0.25) is 0 Å². The van der Waals surface area contributed by atoms with E-state index in [1.807, 2.05) is 0 Å². The lowest BCUT2D eigenvalue weighted by molar-refractivity contribution is -0.143. The molecule has 7 N–H and O–H groups in total. The molecule has 0 saturated carbocycles. The number of nitrogens with one attached hydrogen (secondary N) is 3. The summed E-state index contributed by atoms with van der Waals surface area (Å²) in [5.74, 6) is -0.407. The van der Waals surface area contributed by atoms with E-state index in [-0.39, 0.29) is 43.2 Å². The molecule has 4 rings (SSSR count). The SMILES string of the molecule is CC1NC(CCC2CCCC(CO)CCC(O)(CC(=O)O)CNC3(C)CCNC(Cc4cccc(c4)C2)C3)CCC1O. The number of benzene rings is 1. The lowest BCUT2D eigenvalue weighted by atomic mass is 9.81. The Morgan fingerprint density at radius 1 is 1.02 bits per heavy atom. The molecule has 0 amide bonds. The minimum Gasteiger partial charge on any atom is -0.481 e. The number of hydrogen-bond donors (Lipinski definition) is 7. The molecule has 0 radical (unpaired) electrons. The predicted octanol–water partition coefficient (Wildman–Crippen LogP) is 3.55. The molecule has 0 spiro atoms. The fourth-order valence-electron chi connectivity index (χ4n) is 7.67. The summed E-state index contributed by atoms with van der Waals surface area (Å²) in [6.07, 6.45) is 11.3. The summed E-state index contributed by atoms with van der Waals surface area (Å²) in [6.45, 7) is 5.44. The molecular weight excluding hydrogens is 530 g/mol. The number of fused-ring (bicyclic) bond motifs is 4. The van der Waals surface area contributed by atoms with Crippen molar-refractivity contribution in [3.8, 4) is 0 Å². The molecule has 2 fully saturated rings. The summed E-state index contributed by atoms with van der Waals surface area (Å²) in [7, 11) is 0. The van der Waals surface area contributed by atoms with Crippen LogP contribution in [0.3, 0.4) is 0 Å². The van der Waals surface area contributed by atoms with Crippen LogP contribution in [0.4, 0.5) is 0 Å². The van der Waals surface area contributed by atoms with Crippen LogP contribution in [0.2, 0.25) is 0 Å². The van der Waals surface area contributed by atoms with Crippen molar-refractivity contribution in [2.45, 2.75) is 139 Å². The smallest absolute Gasteiger partial charge is 0.306 e. The summed E-state index contributed by atoms with van der Waals surface area (Å²) >= 11 is 0. The fourth-order valence-corrected chi connectivity index (χ4v) is 7.67. The maximum Gasteiger partial charge on any atom is 0.306 e. The fraction of sp³-hybridized carbons (Fsp3) is 0.794. The van der Waals surface area contributed by atoms with Crippen LogP contribution in [0.15, 0.2) is 24.3 Å². The molecule has 2 saturated heterocycles. The van der Waals surface area contributed by atoms with E-state index in [9.17, 15) is 25.2 Å². The number of aliphatic carboxylic acids is 1. The molecule has 238 valence electrons. The molecule has 8 unspecified atom stereocenters. The Morgan fingerprint density at radius 3 is 2.52 bits per heavy atom. The zero-order valence-electron chi connectivity index (χ0n) is 26.0. The van der Waals surface area contributed by atoms with Gasteiger partial charge in [0.25, 0.3) is 0 Å². The number of piperidine rings is 2. The highest BCUT2D eigenvalue weighted by Crippen LogP contribution is 2.30. The average Bonchev–Trinajstić information content (AvgIpc) is 2.94. The molecule has 8 heteroatoms. The van der Waals surface area contributed by atoms with E-state index in [1.165, 1.54) is 11.1 Å². The number of carboxylic acids is 1. The summed E-state index contributed by atoms with van der Waals surface area (Å²) in [5, 5.41) is 52.3. The third kappa shape index (κ3) is 10.3. The Kier molecular flexibility index (Phi) is 12.3. The third-order valence-electron chi connectivity index (χ3n) is 10.4. The molecule has 1 aromatic carbocycles. The standard InChI is InChI=1S/C34H57N3O5/c1-24-31(39)12-11-29(37-24)10-9-25-5-3-6-26(22-38)13-14-34(42,21-32(40)41)23-36-33(2)15-16-35-30(20-33)19-28-8-4-7-27(17-25)18-28/h4,7-8,18,24-26,29-31,35-39,42H,3,5-6,9-17,19-23H2,1-2H3,(H,40,41). The van der Waals surface area contributed by atoms with Crippen molar-refractivity contribution < 1.29 is 25.2 Å². The van der Waals surface area contributed by atoms with Crippen molar-refractivity contribution >= 4 is 5.97 Å². The Balaban J connectivity index is 1.50. The minimum absolute atomic E-state index is 0.0503. The van der Waals surface area contributed by atoms with Gasteiger partial charge in [0.1, 0.15) is 0 Å². The quantitative estimate of drug-likeness (QED) is 0.269. The van der Waals surface area contributed by atoms with E-state index in [1.54, 1.807) is 0 Å². The zero-order valence-corrected chi connectivity index (χ0v) is 26.0. The highest BCUT2D eigenvalue weighted by molar-refractivity contribution is 5.68. The summed E-state index contributed by atoms with van der Waals surface area (Å²) < 4.78 is 0. The zero-order chi connectivity index (χ0) is 30.2. The van der Waals surface area contributed by atoms with Gasteiger partial charge in [0.15, 0.2) is 0 Å². The predicted molar refractivity (Wildman–Crippen MR) is 166 cm³/mol. The molecule has 8 nitrogen and oxygen atoms in total. The first kappa shape index (κ1) is 33.3. The topological polar surface area (TPSA) is 134 Å². The van der Waals surface area contributed by atoms with Crippen molar-refractivity contribution in [1.29, 1.82) is 0 Å². The summed E-state index contributed by atoms with van der Waals surface area (Å²) in [4.78, 5) is 11.7. The lowest BCUT2D eigenvalue weighted by Gasteiger charge is -2.42. The van der Waals surface area contributed by atoms with Gasteiger partial charge >= 0.3 is 5.97 Å². The van der Waals surface area contributed by atoms with Gasteiger partial charge < -0.3 is 36.4 Å². The number of aliphatic hydroxyl groups is 3. The van der Waals surface area contributed by atoms with Crippen molar-refractivity contribution in [3.05, 3.63) is 35.4 Å². The Morgan fingerprint density at radius 2 is 1.79 bits per heavy atom. The second-order valence-electron chi connectivity index (χ2n) is 14.3. The second-order valence-corrected chi connectivity index (χ2v) is 14.3. The van der Waals surface area contributed by atoms with E-state index >= 15 is 0 Å². The van der Waals surface area contributed by atoms with Crippen LogP contribution in [0.5, 0.6) is 0 Å². The van der Waals surface area contributed by atoms with Crippen molar-refractivity contribution in [1.82, 2.24) is 16.0 Å². The number of hydrogen-bond acceptors (Lipinski definition) is 7. The van der Waals surface area contributed by atoms with Gasteiger partial charge in [-0.05, 0) is 114 Å². The van der Waals surface area contributed by atoms with Crippen molar-refractivity contribution in [3.63, 3.8) is 0 Å². The molecule has 0 aliphatic carbocycles. The Hall–Kier alpha value is -1.55. The molecule has 3 aliphatic heterocycles. The lowest BCUT2D eigenvalue weighted by Crippen LogP contribution is -2.58. The van der Waals surface area contributed by atoms with Gasteiger partial charge in [-0.1, -0.05) is 37.1 Å². The highest BCUT2D eigenvalue weighted by atomic mass is 16.4. The van der Waals surface area contributed by atoms with Crippen molar-refractivity contribution in [2.24, 2.45) is 11.8 Å². The first-order valence-corrected chi connectivity index (χ1v) is 16.6. The monoisotopic (exact) mass is 587 g/mol. The molecule has 1 aromatic rings. The van der Waals surface area contributed by atoms with E-state index in [2.05, 4.69) is 54.1 Å². The second kappa shape index (κ2) is 15.4. The molecule has 3 heterocycles. The van der Waals surface area contributed by atoms with Crippen LogP contribution in [-0.2, 0) is 17.6 Å². The number of aliphatic hydroxyl groups excluding tert-OH is 2. The number of rotatable bonds is 6. The van der Waals surface area contributed by atoms with Crippen molar-refractivity contribution in [2.75, 3.05) is 19.7 Å². The summed E-state index contributed by atoms with van der Waals surface area (Å²) in [5.41, 5.74) is 1.21. The van der Waals surface area contributed by atoms with Gasteiger partial charge in [0, 0.05) is 36.8 Å². The Bertz CT molecular complexity index is 994. The molecular formula is C34H57N3O5. The maximum atomic E-state index is 11.7. The van der Waals surface area contributed by atoms with Crippen LogP contribution < -0.4 is 16.0 Å². The first-order chi connectivity index (χ1) is 20.0. The van der Waals surface area contributed by atoms with Crippen LogP contribution in [-0.4, -0.2) is 81.5 Å². The molecule has 0 aromatic heterocycles. The molecule has 42 heavy (non-hydrogen) atoms. The normalized spacial score (nSPS) is 37.4. The van der Waals surface area contributed by atoms with E-state index in [0.717, 1.165) is 77.2 Å². The minimum atomic E-state index is -1.34. The van der Waals surface area contributed by atoms with Crippen LogP contribution in [0.1, 0.15) is 102 Å². The van der Waals surface area contributed by atoms with Gasteiger partial charge in [-0.2, -0.15) is 0 Å². The number of carboxylic acid groups (broad SMARTS) is 1. The number of β-amino-alcohol motifs (C(OH)–C–C–N with tert-alkyl or cyclic N) is 1. The summed E-state index contributed by atoms with van der Waals surface area (Å²) in [6, 6.07) is 9.97. The van der Waals surface area contributed by atoms with Crippen LogP contribution in [0, 0.1) is 11.8 Å². The first-order valence-electron chi connectivity index (χ1n) is 16.6. The maximum absolute atomic E-state index is 11.7. The Labute approximate surface area is 253 Å².